The lowest BCUT2D eigenvalue weighted by Crippen LogP contribution is -2.40. The van der Waals surface area contributed by atoms with Crippen LogP contribution in [0.5, 0.6) is 11.5 Å². The van der Waals surface area contributed by atoms with Crippen LogP contribution in [0.4, 0.5) is 10.5 Å². The Morgan fingerprint density at radius 1 is 1.11 bits per heavy atom. The molecule has 0 aliphatic carbocycles. The van der Waals surface area contributed by atoms with Gasteiger partial charge in [0.1, 0.15) is 17.2 Å². The standard InChI is InChI=1S/C27H35N5O3/c1-6-30-16-15-24-22(17-30)23(29-32(24)25-9-7-8-10-26(25)35-5)18-31(19(2)3)27(33)28-20-11-13-21(34-4)14-12-20/h7-14,19H,6,15-18H2,1-5H3,(H,28,33). The smallest absolute Gasteiger partial charge is 0.322 e. The number of nitrogens with zero attached hydrogens (tertiary/aromatic N) is 4. The van der Waals surface area contributed by atoms with E-state index in [0.717, 1.165) is 54.6 Å². The lowest BCUT2D eigenvalue weighted by atomic mass is 10.0. The number of hydrogen-bond acceptors (Lipinski definition) is 5. The zero-order valence-electron chi connectivity index (χ0n) is 21.2. The van der Waals surface area contributed by atoms with Gasteiger partial charge in [0.05, 0.1) is 32.2 Å². The van der Waals surface area contributed by atoms with Crippen molar-refractivity contribution in [2.24, 2.45) is 0 Å². The van der Waals surface area contributed by atoms with Gasteiger partial charge < -0.3 is 19.7 Å². The van der Waals surface area contributed by atoms with Gasteiger partial charge in [0.15, 0.2) is 0 Å². The van der Waals surface area contributed by atoms with Crippen molar-refractivity contribution < 1.29 is 14.3 Å². The topological polar surface area (TPSA) is 71.9 Å². The van der Waals surface area contributed by atoms with Crippen LogP contribution < -0.4 is 14.8 Å². The lowest BCUT2D eigenvalue weighted by molar-refractivity contribution is 0.192. The maximum absolute atomic E-state index is 13.3. The van der Waals surface area contributed by atoms with Crippen LogP contribution in [0.3, 0.4) is 0 Å². The van der Waals surface area contributed by atoms with Crippen LogP contribution in [0.25, 0.3) is 5.69 Å². The van der Waals surface area contributed by atoms with Gasteiger partial charge in [0, 0.05) is 36.8 Å². The Kier molecular flexibility index (Phi) is 7.60. The number of anilines is 1. The molecule has 0 saturated heterocycles. The molecule has 1 aromatic heterocycles. The third-order valence-corrected chi connectivity index (χ3v) is 6.53. The maximum Gasteiger partial charge on any atom is 0.322 e. The van der Waals surface area contributed by atoms with Gasteiger partial charge in [-0.25, -0.2) is 9.48 Å². The predicted molar refractivity (Wildman–Crippen MR) is 137 cm³/mol. The first-order chi connectivity index (χ1) is 16.9. The SMILES string of the molecule is CCN1CCc2c(c(CN(C(=O)Nc3ccc(OC)cc3)C(C)C)nn2-c2ccccc2OC)C1. The number of fused-ring (bicyclic) bond motifs is 1. The van der Waals surface area contributed by atoms with Gasteiger partial charge in [-0.3, -0.25) is 4.90 Å². The van der Waals surface area contributed by atoms with Crippen LogP contribution in [-0.4, -0.2) is 59.0 Å². The van der Waals surface area contributed by atoms with E-state index in [-0.39, 0.29) is 12.1 Å². The summed E-state index contributed by atoms with van der Waals surface area (Å²) in [4.78, 5) is 17.5. The minimum Gasteiger partial charge on any atom is -0.497 e. The highest BCUT2D eigenvalue weighted by Crippen LogP contribution is 2.30. The summed E-state index contributed by atoms with van der Waals surface area (Å²) >= 11 is 0. The molecule has 2 amide bonds. The number of aromatic nitrogens is 2. The van der Waals surface area contributed by atoms with E-state index in [1.807, 2.05) is 72.0 Å². The van der Waals surface area contributed by atoms with E-state index in [1.165, 1.54) is 11.3 Å². The fraction of sp³-hybridized carbons (Fsp3) is 0.407. The van der Waals surface area contributed by atoms with Crippen LogP contribution in [0.1, 0.15) is 37.7 Å². The first kappa shape index (κ1) is 24.6. The van der Waals surface area contributed by atoms with Gasteiger partial charge in [0.25, 0.3) is 0 Å². The summed E-state index contributed by atoms with van der Waals surface area (Å²) in [6.07, 6.45) is 0.897. The summed E-state index contributed by atoms with van der Waals surface area (Å²) in [7, 11) is 3.30. The molecule has 1 aliphatic rings. The molecule has 2 aromatic carbocycles. The summed E-state index contributed by atoms with van der Waals surface area (Å²) in [6.45, 7) is 9.42. The molecule has 0 unspecified atom stereocenters. The van der Waals surface area contributed by atoms with Crippen molar-refractivity contribution in [1.82, 2.24) is 19.6 Å². The number of methoxy groups -OCH3 is 2. The molecule has 8 heteroatoms. The normalized spacial score (nSPS) is 13.4. The summed E-state index contributed by atoms with van der Waals surface area (Å²) in [5.41, 5.74) is 4.95. The highest BCUT2D eigenvalue weighted by Gasteiger charge is 2.28. The Balaban J connectivity index is 1.66. The van der Waals surface area contributed by atoms with Crippen molar-refractivity contribution in [2.75, 3.05) is 32.6 Å². The molecule has 0 spiro atoms. The number of ether oxygens (including phenoxy) is 2. The van der Waals surface area contributed by atoms with Crippen molar-refractivity contribution in [2.45, 2.75) is 46.3 Å². The van der Waals surface area contributed by atoms with Gasteiger partial charge in [-0.15, -0.1) is 0 Å². The number of carbonyl (C=O) groups is 1. The third-order valence-electron chi connectivity index (χ3n) is 6.53. The zero-order valence-corrected chi connectivity index (χ0v) is 21.2. The van der Waals surface area contributed by atoms with Gasteiger partial charge >= 0.3 is 6.03 Å². The van der Waals surface area contributed by atoms with Crippen LogP contribution >= 0.6 is 0 Å². The zero-order chi connectivity index (χ0) is 24.9. The van der Waals surface area contributed by atoms with Crippen molar-refractivity contribution in [3.8, 4) is 17.2 Å². The predicted octanol–water partition coefficient (Wildman–Crippen LogP) is 4.71. The molecular weight excluding hydrogens is 442 g/mol. The molecule has 8 nitrogen and oxygen atoms in total. The molecular formula is C27H35N5O3. The molecule has 0 bridgehead atoms. The quantitative estimate of drug-likeness (QED) is 0.509. The molecule has 1 N–H and O–H groups in total. The molecule has 2 heterocycles. The number of rotatable bonds is 8. The summed E-state index contributed by atoms with van der Waals surface area (Å²) in [5, 5.41) is 8.06. The molecule has 3 aromatic rings. The average Bonchev–Trinajstić information content (AvgIpc) is 3.24. The number of carbonyl (C=O) groups excluding carboxylic acids is 1. The monoisotopic (exact) mass is 477 g/mol. The molecule has 186 valence electrons. The summed E-state index contributed by atoms with van der Waals surface area (Å²) < 4.78 is 12.9. The van der Waals surface area contributed by atoms with E-state index >= 15 is 0 Å². The van der Waals surface area contributed by atoms with E-state index in [0.29, 0.717) is 6.54 Å². The average molecular weight is 478 g/mol. The van der Waals surface area contributed by atoms with Crippen molar-refractivity contribution >= 4 is 11.7 Å². The second-order valence-electron chi connectivity index (χ2n) is 8.95. The van der Waals surface area contributed by atoms with Gasteiger partial charge in [-0.2, -0.15) is 5.10 Å². The van der Waals surface area contributed by atoms with Gasteiger partial charge in [-0.1, -0.05) is 19.1 Å². The molecule has 0 radical (unpaired) electrons. The molecule has 4 rings (SSSR count). The van der Waals surface area contributed by atoms with Crippen molar-refractivity contribution in [1.29, 1.82) is 0 Å². The molecule has 35 heavy (non-hydrogen) atoms. The molecule has 0 saturated carbocycles. The Morgan fingerprint density at radius 2 is 1.86 bits per heavy atom. The van der Waals surface area contributed by atoms with Crippen molar-refractivity contribution in [3.05, 3.63) is 65.5 Å². The van der Waals surface area contributed by atoms with Crippen LogP contribution in [-0.2, 0) is 19.5 Å². The van der Waals surface area contributed by atoms with E-state index in [4.69, 9.17) is 14.6 Å². The molecule has 1 aliphatic heterocycles. The number of urea groups is 1. The van der Waals surface area contributed by atoms with E-state index < -0.39 is 0 Å². The highest BCUT2D eigenvalue weighted by molar-refractivity contribution is 5.89. The number of nitrogens with one attached hydrogen (secondary N) is 1. The molecule has 0 atom stereocenters. The second kappa shape index (κ2) is 10.8. The first-order valence-electron chi connectivity index (χ1n) is 12.1. The third kappa shape index (κ3) is 5.27. The maximum atomic E-state index is 13.3. The fourth-order valence-electron chi connectivity index (χ4n) is 4.46. The Labute approximate surface area is 207 Å². The Morgan fingerprint density at radius 3 is 2.51 bits per heavy atom. The fourth-order valence-corrected chi connectivity index (χ4v) is 4.46. The summed E-state index contributed by atoms with van der Waals surface area (Å²) in [5.74, 6) is 1.53. The largest absolute Gasteiger partial charge is 0.497 e. The number of para-hydroxylation sites is 2. The van der Waals surface area contributed by atoms with Crippen LogP contribution in [0.2, 0.25) is 0 Å². The second-order valence-corrected chi connectivity index (χ2v) is 8.95. The van der Waals surface area contributed by atoms with Gasteiger partial charge in [-0.05, 0) is 56.8 Å². The Bertz CT molecular complexity index is 1160. The lowest BCUT2D eigenvalue weighted by Gasteiger charge is -2.29. The van der Waals surface area contributed by atoms with Gasteiger partial charge in [0.2, 0.25) is 0 Å². The first-order valence-corrected chi connectivity index (χ1v) is 12.1. The minimum atomic E-state index is -0.158. The number of hydrogen-bond donors (Lipinski definition) is 1. The highest BCUT2D eigenvalue weighted by atomic mass is 16.5. The number of benzene rings is 2. The van der Waals surface area contributed by atoms with E-state index in [2.05, 4.69) is 17.1 Å². The van der Waals surface area contributed by atoms with E-state index in [1.54, 1.807) is 14.2 Å². The summed E-state index contributed by atoms with van der Waals surface area (Å²) in [6, 6.07) is 15.1. The minimum absolute atomic E-state index is 0.00817. The number of likely N-dealkylation sites (N-methyl/N-ethyl adjacent to an activating group) is 1. The molecule has 0 fully saturated rings. The number of amides is 2. The van der Waals surface area contributed by atoms with Crippen LogP contribution in [0.15, 0.2) is 48.5 Å². The van der Waals surface area contributed by atoms with Crippen molar-refractivity contribution in [3.63, 3.8) is 0 Å². The van der Waals surface area contributed by atoms with E-state index in [9.17, 15) is 4.79 Å². The van der Waals surface area contributed by atoms with Crippen LogP contribution in [0, 0.1) is 0 Å². The Hall–Kier alpha value is -3.52.